The van der Waals surface area contributed by atoms with Gasteiger partial charge in [-0.15, -0.1) is 0 Å². The minimum Gasteiger partial charge on any atom is -0.491 e. The molecule has 2 atom stereocenters. The normalized spacial score (nSPS) is 24.5. The van der Waals surface area contributed by atoms with Gasteiger partial charge in [0.05, 0.1) is 12.7 Å². The number of nitrogens with zero attached hydrogens (tertiary/aromatic N) is 2. The van der Waals surface area contributed by atoms with Crippen molar-refractivity contribution in [1.82, 2.24) is 9.80 Å². The summed E-state index contributed by atoms with van der Waals surface area (Å²) in [5.41, 5.74) is 0.657. The van der Waals surface area contributed by atoms with Gasteiger partial charge in [-0.25, -0.2) is 0 Å². The van der Waals surface area contributed by atoms with Crippen molar-refractivity contribution >= 4 is 5.91 Å². The van der Waals surface area contributed by atoms with Crippen LogP contribution in [0.4, 0.5) is 0 Å². The van der Waals surface area contributed by atoms with Gasteiger partial charge >= 0.3 is 0 Å². The van der Waals surface area contributed by atoms with Gasteiger partial charge in [-0.3, -0.25) is 9.69 Å². The van der Waals surface area contributed by atoms with E-state index in [4.69, 9.17) is 9.47 Å². The summed E-state index contributed by atoms with van der Waals surface area (Å²) in [7, 11) is 1.63. The largest absolute Gasteiger partial charge is 0.491 e. The summed E-state index contributed by atoms with van der Waals surface area (Å²) in [5, 5.41) is 10.1. The first kappa shape index (κ1) is 18.2. The highest BCUT2D eigenvalue weighted by Crippen LogP contribution is 2.25. The van der Waals surface area contributed by atoms with E-state index in [2.05, 4.69) is 4.90 Å². The van der Waals surface area contributed by atoms with E-state index in [0.29, 0.717) is 37.6 Å². The summed E-state index contributed by atoms with van der Waals surface area (Å²) < 4.78 is 10.6. The van der Waals surface area contributed by atoms with Crippen molar-refractivity contribution in [2.45, 2.75) is 31.4 Å². The van der Waals surface area contributed by atoms with Crippen LogP contribution < -0.4 is 4.74 Å². The Morgan fingerprint density at radius 1 is 1.20 bits per heavy atom. The summed E-state index contributed by atoms with van der Waals surface area (Å²) in [6.07, 6.45) is 2.86. The van der Waals surface area contributed by atoms with Crippen LogP contribution in [-0.4, -0.2) is 79.5 Å². The van der Waals surface area contributed by atoms with E-state index < -0.39 is 0 Å². The molecule has 3 rings (SSSR count). The number of hydrogen-bond acceptors (Lipinski definition) is 5. The van der Waals surface area contributed by atoms with Crippen molar-refractivity contribution < 1.29 is 19.4 Å². The van der Waals surface area contributed by atoms with Gasteiger partial charge in [-0.1, -0.05) is 6.07 Å². The van der Waals surface area contributed by atoms with Crippen LogP contribution in [0.5, 0.6) is 5.75 Å². The van der Waals surface area contributed by atoms with Crippen LogP contribution in [0, 0.1) is 0 Å². The number of ether oxygens (including phenoxy) is 2. The van der Waals surface area contributed by atoms with Crippen LogP contribution in [0.1, 0.15) is 29.6 Å². The van der Waals surface area contributed by atoms with Crippen LogP contribution in [0.3, 0.4) is 0 Å². The second-order valence-electron chi connectivity index (χ2n) is 6.76. The predicted octanol–water partition coefficient (Wildman–Crippen LogP) is 1.38. The van der Waals surface area contributed by atoms with Crippen molar-refractivity contribution in [2.75, 3.05) is 46.5 Å². The maximum atomic E-state index is 12.8. The standard InChI is InChI=1S/C19H28N2O4/c1-24-12-13-25-16-5-2-4-15(14-16)19(23)21-10-8-20(9-11-21)17-6-3-7-18(17)22/h2,4-5,14,17-18,22H,3,6-13H2,1H3/t17-,18-/m1/s1. The molecule has 0 spiro atoms. The van der Waals surface area contributed by atoms with Crippen LogP contribution in [-0.2, 0) is 4.74 Å². The van der Waals surface area contributed by atoms with Gasteiger partial charge < -0.3 is 19.5 Å². The number of carbonyl (C=O) groups is 1. The van der Waals surface area contributed by atoms with E-state index in [1.807, 2.05) is 23.1 Å². The molecule has 2 aliphatic rings. The number of carbonyl (C=O) groups excluding carboxylic acids is 1. The smallest absolute Gasteiger partial charge is 0.254 e. The molecule has 1 aromatic rings. The molecule has 138 valence electrons. The zero-order valence-corrected chi connectivity index (χ0v) is 14.9. The molecule has 6 nitrogen and oxygen atoms in total. The Kier molecular flexibility index (Phi) is 6.29. The summed E-state index contributed by atoms with van der Waals surface area (Å²) in [4.78, 5) is 17.0. The van der Waals surface area contributed by atoms with E-state index in [9.17, 15) is 9.90 Å². The highest BCUT2D eigenvalue weighted by molar-refractivity contribution is 5.94. The molecule has 1 aromatic carbocycles. The van der Waals surface area contributed by atoms with Gasteiger partial charge in [0.25, 0.3) is 5.91 Å². The molecule has 1 saturated carbocycles. The molecule has 2 fully saturated rings. The Morgan fingerprint density at radius 3 is 2.68 bits per heavy atom. The molecule has 0 bridgehead atoms. The fourth-order valence-corrected chi connectivity index (χ4v) is 3.75. The van der Waals surface area contributed by atoms with Crippen LogP contribution in [0.2, 0.25) is 0 Å². The summed E-state index contributed by atoms with van der Waals surface area (Å²) >= 11 is 0. The predicted molar refractivity (Wildman–Crippen MR) is 94.9 cm³/mol. The van der Waals surface area contributed by atoms with E-state index in [1.165, 1.54) is 0 Å². The number of methoxy groups -OCH3 is 1. The lowest BCUT2D eigenvalue weighted by Crippen LogP contribution is -2.53. The molecule has 1 aliphatic carbocycles. The van der Waals surface area contributed by atoms with Gasteiger partial charge in [0.15, 0.2) is 0 Å². The van der Waals surface area contributed by atoms with Crippen molar-refractivity contribution in [3.05, 3.63) is 29.8 Å². The maximum absolute atomic E-state index is 12.8. The topological polar surface area (TPSA) is 62.2 Å². The quantitative estimate of drug-likeness (QED) is 0.787. The summed E-state index contributed by atoms with van der Waals surface area (Å²) in [5.74, 6) is 0.736. The lowest BCUT2D eigenvalue weighted by atomic mass is 10.1. The summed E-state index contributed by atoms with van der Waals surface area (Å²) in [6, 6.07) is 7.60. The summed E-state index contributed by atoms with van der Waals surface area (Å²) in [6.45, 7) is 4.06. The fourth-order valence-electron chi connectivity index (χ4n) is 3.75. The molecule has 0 radical (unpaired) electrons. The van der Waals surface area contributed by atoms with Crippen molar-refractivity contribution in [3.8, 4) is 5.75 Å². The third-order valence-corrected chi connectivity index (χ3v) is 5.15. The molecule has 0 aromatic heterocycles. The highest BCUT2D eigenvalue weighted by Gasteiger charge is 2.33. The monoisotopic (exact) mass is 348 g/mol. The van der Waals surface area contributed by atoms with Gasteiger partial charge in [0, 0.05) is 44.9 Å². The number of amides is 1. The average molecular weight is 348 g/mol. The number of rotatable bonds is 6. The molecule has 6 heteroatoms. The molecule has 1 heterocycles. The molecular formula is C19H28N2O4. The fraction of sp³-hybridized carbons (Fsp3) is 0.632. The number of piperazine rings is 1. The van der Waals surface area contributed by atoms with Crippen LogP contribution >= 0.6 is 0 Å². The van der Waals surface area contributed by atoms with Crippen LogP contribution in [0.15, 0.2) is 24.3 Å². The van der Waals surface area contributed by atoms with Gasteiger partial charge in [-0.2, -0.15) is 0 Å². The molecule has 25 heavy (non-hydrogen) atoms. The third kappa shape index (κ3) is 4.51. The van der Waals surface area contributed by atoms with E-state index in [1.54, 1.807) is 13.2 Å². The van der Waals surface area contributed by atoms with Gasteiger partial charge in [-0.05, 0) is 37.5 Å². The molecule has 1 aliphatic heterocycles. The van der Waals surface area contributed by atoms with Crippen molar-refractivity contribution in [1.29, 1.82) is 0 Å². The molecule has 1 amide bonds. The number of aliphatic hydroxyl groups is 1. The first-order valence-corrected chi connectivity index (χ1v) is 9.12. The average Bonchev–Trinajstić information content (AvgIpc) is 3.08. The Bertz CT molecular complexity index is 572. The minimum atomic E-state index is -0.205. The minimum absolute atomic E-state index is 0.0452. The van der Waals surface area contributed by atoms with Crippen molar-refractivity contribution in [3.63, 3.8) is 0 Å². The first-order valence-electron chi connectivity index (χ1n) is 9.12. The zero-order valence-electron chi connectivity index (χ0n) is 14.9. The van der Waals surface area contributed by atoms with E-state index in [0.717, 1.165) is 32.4 Å². The molecule has 0 unspecified atom stereocenters. The Labute approximate surface area is 149 Å². The zero-order chi connectivity index (χ0) is 17.6. The molecular weight excluding hydrogens is 320 g/mol. The Hall–Kier alpha value is -1.63. The van der Waals surface area contributed by atoms with Gasteiger partial charge in [0.2, 0.25) is 0 Å². The molecule has 1 saturated heterocycles. The van der Waals surface area contributed by atoms with E-state index >= 15 is 0 Å². The SMILES string of the molecule is COCCOc1cccc(C(=O)N2CCN([C@@H]3CCC[C@H]3O)CC2)c1. The second kappa shape index (κ2) is 8.65. The number of benzene rings is 1. The lowest BCUT2D eigenvalue weighted by Gasteiger charge is -2.39. The maximum Gasteiger partial charge on any atom is 0.254 e. The Balaban J connectivity index is 1.54. The number of aliphatic hydroxyl groups excluding tert-OH is 1. The highest BCUT2D eigenvalue weighted by atomic mass is 16.5. The Morgan fingerprint density at radius 2 is 2.00 bits per heavy atom. The van der Waals surface area contributed by atoms with Crippen LogP contribution in [0.25, 0.3) is 0 Å². The first-order chi connectivity index (χ1) is 12.2. The second-order valence-corrected chi connectivity index (χ2v) is 6.76. The third-order valence-electron chi connectivity index (χ3n) is 5.15. The van der Waals surface area contributed by atoms with Gasteiger partial charge in [0.1, 0.15) is 12.4 Å². The number of hydrogen-bond donors (Lipinski definition) is 1. The van der Waals surface area contributed by atoms with E-state index in [-0.39, 0.29) is 18.1 Å². The van der Waals surface area contributed by atoms with Crippen molar-refractivity contribution in [2.24, 2.45) is 0 Å². The molecule has 1 N–H and O–H groups in total. The lowest BCUT2D eigenvalue weighted by molar-refractivity contribution is 0.0315.